The van der Waals surface area contributed by atoms with Gasteiger partial charge in [0.15, 0.2) is 0 Å². The maximum atomic E-state index is 13.0. The molecule has 2 aliphatic rings. The average Bonchev–Trinajstić information content (AvgIpc) is 3.19. The molecule has 1 aromatic rings. The van der Waals surface area contributed by atoms with Gasteiger partial charge in [0.05, 0.1) is 12.0 Å². The first-order chi connectivity index (χ1) is 12.7. The monoisotopic (exact) mass is 396 g/mol. The molecular formula is C17H24N4O5S. The van der Waals surface area contributed by atoms with Crippen LogP contribution in [0.25, 0.3) is 0 Å². The van der Waals surface area contributed by atoms with E-state index >= 15 is 0 Å². The summed E-state index contributed by atoms with van der Waals surface area (Å²) in [4.78, 5) is 23.9. The van der Waals surface area contributed by atoms with Crippen LogP contribution < -0.4 is 25.8 Å². The van der Waals surface area contributed by atoms with Gasteiger partial charge in [0.25, 0.3) is 5.91 Å². The zero-order valence-corrected chi connectivity index (χ0v) is 16.1. The Balaban J connectivity index is 2.02. The molecule has 1 aliphatic carbocycles. The van der Waals surface area contributed by atoms with Gasteiger partial charge >= 0.3 is 6.03 Å². The summed E-state index contributed by atoms with van der Waals surface area (Å²) >= 11 is 0. The molecule has 1 unspecified atom stereocenters. The standard InChI is InChI=1S/C17H24N4O5S/c1-16(14(22)19-15(23)20-16)12-9-11(5-6-13(12)26-2)27(24,25)21-17(10-18)7-3-4-8-17/h5-6,9,21H,3-4,7-8,10,18H2,1-2H3,(H2,19,20,22,23). The summed E-state index contributed by atoms with van der Waals surface area (Å²) in [5.74, 6) is -0.286. The number of urea groups is 1. The number of amides is 3. The number of carbonyl (C=O) groups is 2. The summed E-state index contributed by atoms with van der Waals surface area (Å²) < 4.78 is 34.0. The molecule has 5 N–H and O–H groups in total. The molecule has 10 heteroatoms. The number of nitrogens with one attached hydrogen (secondary N) is 3. The van der Waals surface area contributed by atoms with E-state index in [1.807, 2.05) is 0 Å². The fourth-order valence-electron chi connectivity index (χ4n) is 3.72. The van der Waals surface area contributed by atoms with Crippen molar-refractivity contribution in [3.8, 4) is 5.75 Å². The summed E-state index contributed by atoms with van der Waals surface area (Å²) in [6, 6.07) is 3.58. The molecule has 1 saturated carbocycles. The number of sulfonamides is 1. The van der Waals surface area contributed by atoms with Crippen LogP contribution in [0.1, 0.15) is 38.2 Å². The number of rotatable bonds is 6. The SMILES string of the molecule is COc1ccc(S(=O)(=O)NC2(CN)CCCC2)cc1C1(C)NC(=O)NC1=O. The molecule has 1 aliphatic heterocycles. The van der Waals surface area contributed by atoms with E-state index in [1.54, 1.807) is 0 Å². The Labute approximate surface area is 158 Å². The summed E-state index contributed by atoms with van der Waals surface area (Å²) in [5, 5.41) is 4.69. The maximum Gasteiger partial charge on any atom is 0.322 e. The lowest BCUT2D eigenvalue weighted by molar-refractivity contribution is -0.123. The van der Waals surface area contributed by atoms with Crippen molar-refractivity contribution in [1.29, 1.82) is 0 Å². The van der Waals surface area contributed by atoms with Crippen molar-refractivity contribution in [2.24, 2.45) is 5.73 Å². The highest BCUT2D eigenvalue weighted by atomic mass is 32.2. The molecule has 9 nitrogen and oxygen atoms in total. The molecule has 0 spiro atoms. The van der Waals surface area contributed by atoms with E-state index in [0.29, 0.717) is 18.6 Å². The highest BCUT2D eigenvalue weighted by Crippen LogP contribution is 2.35. The van der Waals surface area contributed by atoms with Crippen LogP contribution >= 0.6 is 0 Å². The Bertz CT molecular complexity index is 879. The maximum absolute atomic E-state index is 13.0. The third-order valence-electron chi connectivity index (χ3n) is 5.37. The van der Waals surface area contributed by atoms with E-state index in [0.717, 1.165) is 12.8 Å². The van der Waals surface area contributed by atoms with Gasteiger partial charge in [-0.3, -0.25) is 10.1 Å². The van der Waals surface area contributed by atoms with Gasteiger partial charge in [0.1, 0.15) is 11.3 Å². The lowest BCUT2D eigenvalue weighted by Crippen LogP contribution is -2.51. The van der Waals surface area contributed by atoms with Gasteiger partial charge in [-0.25, -0.2) is 17.9 Å². The van der Waals surface area contributed by atoms with Crippen LogP contribution in [-0.2, 0) is 20.4 Å². The van der Waals surface area contributed by atoms with E-state index in [9.17, 15) is 18.0 Å². The smallest absolute Gasteiger partial charge is 0.322 e. The van der Waals surface area contributed by atoms with Crippen LogP contribution in [0.2, 0.25) is 0 Å². The van der Waals surface area contributed by atoms with Crippen molar-refractivity contribution in [1.82, 2.24) is 15.4 Å². The lowest BCUT2D eigenvalue weighted by Gasteiger charge is -2.29. The number of nitrogens with two attached hydrogens (primary N) is 1. The molecule has 0 radical (unpaired) electrons. The van der Waals surface area contributed by atoms with E-state index in [1.165, 1.54) is 32.2 Å². The summed E-state index contributed by atoms with van der Waals surface area (Å²) in [6.45, 7) is 1.71. The second-order valence-electron chi connectivity index (χ2n) is 7.19. The van der Waals surface area contributed by atoms with Crippen molar-refractivity contribution in [3.63, 3.8) is 0 Å². The molecule has 3 amide bonds. The van der Waals surface area contributed by atoms with Crippen LogP contribution in [0.15, 0.2) is 23.1 Å². The fourth-order valence-corrected chi connectivity index (χ4v) is 5.22. The molecule has 3 rings (SSSR count). The minimum atomic E-state index is -3.88. The molecule has 27 heavy (non-hydrogen) atoms. The first-order valence-electron chi connectivity index (χ1n) is 8.72. The van der Waals surface area contributed by atoms with Gasteiger partial charge in [0, 0.05) is 17.6 Å². The van der Waals surface area contributed by atoms with Crippen molar-refractivity contribution in [2.45, 2.75) is 48.6 Å². The molecule has 1 aromatic carbocycles. The number of hydrogen-bond donors (Lipinski definition) is 4. The predicted octanol–water partition coefficient (Wildman–Crippen LogP) is 0.300. The zero-order chi connectivity index (χ0) is 19.9. The van der Waals surface area contributed by atoms with E-state index in [-0.39, 0.29) is 17.0 Å². The summed E-state index contributed by atoms with van der Waals surface area (Å²) in [6.07, 6.45) is 3.19. The number of hydrogen-bond acceptors (Lipinski definition) is 6. The van der Waals surface area contributed by atoms with Gasteiger partial charge in [0.2, 0.25) is 10.0 Å². The van der Waals surface area contributed by atoms with Gasteiger partial charge in [-0.2, -0.15) is 0 Å². The third-order valence-corrected chi connectivity index (χ3v) is 6.94. The lowest BCUT2D eigenvalue weighted by atomic mass is 9.91. The second kappa shape index (κ2) is 6.77. The van der Waals surface area contributed by atoms with E-state index in [4.69, 9.17) is 10.5 Å². The fraction of sp³-hybridized carbons (Fsp3) is 0.529. The molecule has 2 fully saturated rings. The Hall–Kier alpha value is -2.17. The van der Waals surface area contributed by atoms with Crippen LogP contribution in [-0.4, -0.2) is 39.5 Å². The Morgan fingerprint density at radius 1 is 1.26 bits per heavy atom. The number of methoxy groups -OCH3 is 1. The first-order valence-corrected chi connectivity index (χ1v) is 10.2. The minimum absolute atomic E-state index is 0.0202. The molecule has 1 atom stereocenters. The van der Waals surface area contributed by atoms with Crippen molar-refractivity contribution >= 4 is 22.0 Å². The molecule has 1 saturated heterocycles. The average molecular weight is 396 g/mol. The topological polar surface area (TPSA) is 140 Å². The predicted molar refractivity (Wildman–Crippen MR) is 97.6 cm³/mol. The Morgan fingerprint density at radius 2 is 1.93 bits per heavy atom. The van der Waals surface area contributed by atoms with Gasteiger partial charge < -0.3 is 15.8 Å². The first kappa shape index (κ1) is 19.6. The number of benzene rings is 1. The van der Waals surface area contributed by atoms with E-state index in [2.05, 4.69) is 15.4 Å². The zero-order valence-electron chi connectivity index (χ0n) is 15.3. The third kappa shape index (κ3) is 3.40. The van der Waals surface area contributed by atoms with Crippen molar-refractivity contribution in [2.75, 3.05) is 13.7 Å². The highest BCUT2D eigenvalue weighted by Gasteiger charge is 2.46. The highest BCUT2D eigenvalue weighted by molar-refractivity contribution is 7.89. The van der Waals surface area contributed by atoms with Crippen LogP contribution in [0.3, 0.4) is 0 Å². The van der Waals surface area contributed by atoms with Gasteiger partial charge in [-0.1, -0.05) is 12.8 Å². The Kier molecular flexibility index (Phi) is 4.91. The number of ether oxygens (including phenoxy) is 1. The Morgan fingerprint density at radius 3 is 2.44 bits per heavy atom. The number of imide groups is 1. The largest absolute Gasteiger partial charge is 0.496 e. The van der Waals surface area contributed by atoms with Crippen LogP contribution in [0.5, 0.6) is 5.75 Å². The molecule has 1 heterocycles. The summed E-state index contributed by atoms with van der Waals surface area (Å²) in [7, 11) is -2.47. The van der Waals surface area contributed by atoms with Gasteiger partial charge in [-0.05, 0) is 38.0 Å². The van der Waals surface area contributed by atoms with Gasteiger partial charge in [-0.15, -0.1) is 0 Å². The molecule has 0 aromatic heterocycles. The van der Waals surface area contributed by atoms with Crippen LogP contribution in [0, 0.1) is 0 Å². The second-order valence-corrected chi connectivity index (χ2v) is 8.87. The van der Waals surface area contributed by atoms with Crippen LogP contribution in [0.4, 0.5) is 4.79 Å². The quantitative estimate of drug-likeness (QED) is 0.510. The molecule has 0 bridgehead atoms. The van der Waals surface area contributed by atoms with Crippen molar-refractivity contribution in [3.05, 3.63) is 23.8 Å². The molecular weight excluding hydrogens is 372 g/mol. The van der Waals surface area contributed by atoms with E-state index < -0.39 is 33.0 Å². The molecule has 148 valence electrons. The minimum Gasteiger partial charge on any atom is -0.496 e. The number of carbonyl (C=O) groups excluding carboxylic acids is 2. The summed E-state index contributed by atoms with van der Waals surface area (Å²) in [5.41, 5.74) is 4.00. The normalized spacial score (nSPS) is 24.6. The van der Waals surface area contributed by atoms with Crippen molar-refractivity contribution < 1.29 is 22.7 Å².